The molecule has 2 aliphatic rings. The Labute approximate surface area is 112 Å². The Morgan fingerprint density at radius 1 is 1.32 bits per heavy atom. The van der Waals surface area contributed by atoms with Crippen LogP contribution in [-0.2, 0) is 4.74 Å². The van der Waals surface area contributed by atoms with Crippen LogP contribution < -0.4 is 4.90 Å². The van der Waals surface area contributed by atoms with Crippen molar-refractivity contribution in [1.82, 2.24) is 0 Å². The van der Waals surface area contributed by atoms with Gasteiger partial charge in [-0.2, -0.15) is 5.26 Å². The molecule has 1 heterocycles. The van der Waals surface area contributed by atoms with Crippen molar-refractivity contribution < 1.29 is 9.13 Å². The number of halogens is 1. The van der Waals surface area contributed by atoms with Crippen molar-refractivity contribution in [3.8, 4) is 6.07 Å². The molecule has 0 radical (unpaired) electrons. The van der Waals surface area contributed by atoms with Gasteiger partial charge < -0.3 is 9.64 Å². The predicted octanol–water partition coefficient (Wildman–Crippen LogP) is 2.85. The summed E-state index contributed by atoms with van der Waals surface area (Å²) in [5, 5.41) is 9.18. The maximum absolute atomic E-state index is 13.7. The lowest BCUT2D eigenvalue weighted by Gasteiger charge is -2.45. The molecular weight excluding hydrogens is 243 g/mol. The number of nitriles is 1. The quantitative estimate of drug-likeness (QED) is 0.779. The highest BCUT2D eigenvalue weighted by Gasteiger charge is 2.35. The molecule has 1 aliphatic carbocycles. The Morgan fingerprint density at radius 2 is 2.16 bits per heavy atom. The highest BCUT2D eigenvalue weighted by Crippen LogP contribution is 2.34. The summed E-state index contributed by atoms with van der Waals surface area (Å²) < 4.78 is 19.6. The van der Waals surface area contributed by atoms with E-state index in [0.29, 0.717) is 6.61 Å². The van der Waals surface area contributed by atoms with Gasteiger partial charge in [-0.25, -0.2) is 4.39 Å². The van der Waals surface area contributed by atoms with Crippen LogP contribution in [0.4, 0.5) is 10.1 Å². The monoisotopic (exact) mass is 260 g/mol. The van der Waals surface area contributed by atoms with E-state index in [1.807, 2.05) is 12.1 Å². The van der Waals surface area contributed by atoms with Crippen molar-refractivity contribution in [3.63, 3.8) is 0 Å². The van der Waals surface area contributed by atoms with Gasteiger partial charge >= 0.3 is 0 Å². The second kappa shape index (κ2) is 5.18. The molecule has 1 saturated carbocycles. The fraction of sp³-hybridized carbons (Fsp3) is 0.533. The highest BCUT2D eigenvalue weighted by molar-refractivity contribution is 5.61. The molecule has 19 heavy (non-hydrogen) atoms. The molecule has 100 valence electrons. The molecule has 1 saturated heterocycles. The number of rotatable bonds is 1. The summed E-state index contributed by atoms with van der Waals surface area (Å²) in [6.45, 7) is 1.39. The van der Waals surface area contributed by atoms with E-state index in [4.69, 9.17) is 4.74 Å². The van der Waals surface area contributed by atoms with E-state index in [2.05, 4.69) is 4.90 Å². The van der Waals surface area contributed by atoms with E-state index in [0.717, 1.165) is 25.1 Å². The molecule has 2 fully saturated rings. The topological polar surface area (TPSA) is 36.3 Å². The van der Waals surface area contributed by atoms with Crippen LogP contribution in [-0.4, -0.2) is 25.3 Å². The fourth-order valence-electron chi connectivity index (χ4n) is 3.26. The number of hydrogen-bond acceptors (Lipinski definition) is 3. The molecule has 1 aliphatic heterocycles. The zero-order valence-electron chi connectivity index (χ0n) is 10.8. The first-order valence-electron chi connectivity index (χ1n) is 6.88. The summed E-state index contributed by atoms with van der Waals surface area (Å²) in [6, 6.07) is 7.16. The number of nitrogens with zero attached hydrogens (tertiary/aromatic N) is 2. The normalized spacial score (nSPS) is 26.6. The minimum Gasteiger partial charge on any atom is -0.374 e. The van der Waals surface area contributed by atoms with Crippen LogP contribution in [0.3, 0.4) is 0 Å². The average molecular weight is 260 g/mol. The van der Waals surface area contributed by atoms with Crippen molar-refractivity contribution in [2.24, 2.45) is 0 Å². The molecule has 2 atom stereocenters. The third-order valence-electron chi connectivity index (χ3n) is 4.14. The molecule has 1 aromatic carbocycles. The molecule has 4 heteroatoms. The highest BCUT2D eigenvalue weighted by atomic mass is 19.1. The van der Waals surface area contributed by atoms with Gasteiger partial charge in [0.2, 0.25) is 0 Å². The number of benzene rings is 1. The van der Waals surface area contributed by atoms with Crippen molar-refractivity contribution in [1.29, 1.82) is 5.26 Å². The van der Waals surface area contributed by atoms with Gasteiger partial charge in [-0.3, -0.25) is 0 Å². The second-order valence-electron chi connectivity index (χ2n) is 5.20. The molecule has 3 rings (SSSR count). The number of ether oxygens (including phenoxy) is 1. The summed E-state index contributed by atoms with van der Waals surface area (Å²) in [7, 11) is 0. The van der Waals surface area contributed by atoms with E-state index in [1.165, 1.54) is 18.9 Å². The van der Waals surface area contributed by atoms with E-state index >= 15 is 0 Å². The van der Waals surface area contributed by atoms with Gasteiger partial charge in [-0.1, -0.05) is 18.9 Å². The minimum atomic E-state index is -0.432. The van der Waals surface area contributed by atoms with Gasteiger partial charge in [0, 0.05) is 6.54 Å². The van der Waals surface area contributed by atoms with Gasteiger partial charge in [-0.05, 0) is 25.0 Å². The van der Waals surface area contributed by atoms with E-state index < -0.39 is 5.82 Å². The molecule has 0 bridgehead atoms. The summed E-state index contributed by atoms with van der Waals surface area (Å²) in [6.07, 6.45) is 4.74. The maximum atomic E-state index is 13.7. The Morgan fingerprint density at radius 3 is 3.00 bits per heavy atom. The number of hydrogen-bond donors (Lipinski definition) is 0. The molecule has 0 N–H and O–H groups in total. The summed E-state index contributed by atoms with van der Waals surface area (Å²) in [5.41, 5.74) is 0.886. The molecule has 2 unspecified atom stereocenters. The fourth-order valence-corrected chi connectivity index (χ4v) is 3.26. The molecule has 0 amide bonds. The maximum Gasteiger partial charge on any atom is 0.143 e. The molecule has 0 aromatic heterocycles. The third-order valence-corrected chi connectivity index (χ3v) is 4.14. The van der Waals surface area contributed by atoms with Gasteiger partial charge in [0.15, 0.2) is 0 Å². The Balaban J connectivity index is 1.96. The van der Waals surface area contributed by atoms with Crippen molar-refractivity contribution in [2.45, 2.75) is 37.8 Å². The predicted molar refractivity (Wildman–Crippen MR) is 70.5 cm³/mol. The first kappa shape index (κ1) is 12.4. The standard InChI is InChI=1S/C15H17FN2O/c16-12-4-3-6-13(11(12)10-17)18-8-9-19-15-7-2-1-5-14(15)18/h3-4,6,14-15H,1-2,5,7-9H2. The summed E-state index contributed by atoms with van der Waals surface area (Å²) in [4.78, 5) is 2.18. The number of fused-ring (bicyclic) bond motifs is 1. The van der Waals surface area contributed by atoms with E-state index in [9.17, 15) is 9.65 Å². The number of morpholine rings is 1. The lowest BCUT2D eigenvalue weighted by Crippen LogP contribution is -2.53. The van der Waals surface area contributed by atoms with Gasteiger partial charge in [-0.15, -0.1) is 0 Å². The molecule has 3 nitrogen and oxygen atoms in total. The summed E-state index contributed by atoms with van der Waals surface area (Å²) >= 11 is 0. The van der Waals surface area contributed by atoms with Crippen molar-refractivity contribution in [2.75, 3.05) is 18.1 Å². The van der Waals surface area contributed by atoms with E-state index in [1.54, 1.807) is 6.07 Å². The van der Waals surface area contributed by atoms with Crippen LogP contribution in [0.15, 0.2) is 18.2 Å². The zero-order chi connectivity index (χ0) is 13.2. The van der Waals surface area contributed by atoms with Gasteiger partial charge in [0.1, 0.15) is 17.4 Å². The van der Waals surface area contributed by atoms with Gasteiger partial charge in [0.05, 0.1) is 24.4 Å². The summed E-state index contributed by atoms with van der Waals surface area (Å²) in [5.74, 6) is -0.432. The van der Waals surface area contributed by atoms with E-state index in [-0.39, 0.29) is 17.7 Å². The Kier molecular flexibility index (Phi) is 3.39. The first-order valence-corrected chi connectivity index (χ1v) is 6.88. The Hall–Kier alpha value is -1.60. The minimum absolute atomic E-state index is 0.161. The van der Waals surface area contributed by atoms with Crippen LogP contribution in [0.5, 0.6) is 0 Å². The lowest BCUT2D eigenvalue weighted by atomic mass is 9.89. The van der Waals surface area contributed by atoms with Gasteiger partial charge in [0.25, 0.3) is 0 Å². The number of anilines is 1. The Bertz CT molecular complexity index is 509. The largest absolute Gasteiger partial charge is 0.374 e. The third kappa shape index (κ3) is 2.19. The zero-order valence-corrected chi connectivity index (χ0v) is 10.8. The van der Waals surface area contributed by atoms with Crippen LogP contribution >= 0.6 is 0 Å². The van der Waals surface area contributed by atoms with Crippen molar-refractivity contribution >= 4 is 5.69 Å². The van der Waals surface area contributed by atoms with Crippen LogP contribution in [0, 0.1) is 17.1 Å². The second-order valence-corrected chi connectivity index (χ2v) is 5.20. The average Bonchev–Trinajstić information content (AvgIpc) is 2.46. The molecular formula is C15H17FN2O. The van der Waals surface area contributed by atoms with Crippen LogP contribution in [0.1, 0.15) is 31.2 Å². The molecule has 0 spiro atoms. The lowest BCUT2D eigenvalue weighted by molar-refractivity contribution is -0.00871. The molecule has 1 aromatic rings. The van der Waals surface area contributed by atoms with Crippen LogP contribution in [0.25, 0.3) is 0 Å². The SMILES string of the molecule is N#Cc1c(F)cccc1N1CCOC2CCCCC21. The first-order chi connectivity index (χ1) is 9.31. The van der Waals surface area contributed by atoms with Crippen LogP contribution in [0.2, 0.25) is 0 Å². The van der Waals surface area contributed by atoms with Crippen molar-refractivity contribution in [3.05, 3.63) is 29.6 Å². The smallest absolute Gasteiger partial charge is 0.143 e.